The van der Waals surface area contributed by atoms with Crippen molar-refractivity contribution in [3.8, 4) is 0 Å². The zero-order chi connectivity index (χ0) is 17.9. The summed E-state index contributed by atoms with van der Waals surface area (Å²) in [5, 5.41) is 9.14. The SMILES string of the molecule is O=C(NCc1cccs1)c1ccc(CN2C(=O)CCn3nccc32)cc1. The van der Waals surface area contributed by atoms with Gasteiger partial charge in [0.2, 0.25) is 5.91 Å². The number of hydrogen-bond acceptors (Lipinski definition) is 4. The number of rotatable bonds is 5. The summed E-state index contributed by atoms with van der Waals surface area (Å²) in [7, 11) is 0. The van der Waals surface area contributed by atoms with Crippen LogP contribution in [0.3, 0.4) is 0 Å². The molecule has 0 radical (unpaired) electrons. The van der Waals surface area contributed by atoms with E-state index in [1.807, 2.05) is 40.4 Å². The second-order valence-electron chi connectivity index (χ2n) is 6.10. The summed E-state index contributed by atoms with van der Waals surface area (Å²) in [6.07, 6.45) is 2.17. The third-order valence-corrected chi connectivity index (χ3v) is 5.25. The zero-order valence-corrected chi connectivity index (χ0v) is 14.9. The lowest BCUT2D eigenvalue weighted by Gasteiger charge is -2.27. The van der Waals surface area contributed by atoms with Gasteiger partial charge in [-0.05, 0) is 29.1 Å². The Bertz CT molecular complexity index is 915. The summed E-state index contributed by atoms with van der Waals surface area (Å²) in [6.45, 7) is 1.63. The molecule has 1 aliphatic rings. The van der Waals surface area contributed by atoms with E-state index in [1.165, 1.54) is 0 Å². The minimum atomic E-state index is -0.0999. The van der Waals surface area contributed by atoms with Crippen LogP contribution in [0.1, 0.15) is 27.2 Å². The third-order valence-electron chi connectivity index (χ3n) is 4.37. The first kappa shape index (κ1) is 16.5. The molecule has 7 heteroatoms. The summed E-state index contributed by atoms with van der Waals surface area (Å²) in [5.74, 6) is 0.812. The number of hydrogen-bond donors (Lipinski definition) is 1. The minimum Gasteiger partial charge on any atom is -0.347 e. The van der Waals surface area contributed by atoms with E-state index >= 15 is 0 Å². The van der Waals surface area contributed by atoms with E-state index in [0.717, 1.165) is 16.3 Å². The van der Waals surface area contributed by atoms with Crippen molar-refractivity contribution in [2.75, 3.05) is 4.90 Å². The molecule has 0 bridgehead atoms. The Hall–Kier alpha value is -2.93. The van der Waals surface area contributed by atoms with E-state index in [0.29, 0.717) is 31.6 Å². The Balaban J connectivity index is 1.42. The van der Waals surface area contributed by atoms with Gasteiger partial charge in [-0.3, -0.25) is 14.5 Å². The van der Waals surface area contributed by atoms with Gasteiger partial charge in [0.25, 0.3) is 5.91 Å². The number of aromatic nitrogens is 2. The van der Waals surface area contributed by atoms with Crippen LogP contribution in [0.15, 0.2) is 54.0 Å². The fourth-order valence-corrected chi connectivity index (χ4v) is 3.63. The van der Waals surface area contributed by atoms with Crippen molar-refractivity contribution in [2.45, 2.75) is 26.1 Å². The molecule has 1 aliphatic heterocycles. The van der Waals surface area contributed by atoms with E-state index in [1.54, 1.807) is 34.6 Å². The number of anilines is 1. The van der Waals surface area contributed by atoms with E-state index < -0.39 is 0 Å². The third kappa shape index (κ3) is 3.39. The molecule has 26 heavy (non-hydrogen) atoms. The molecule has 2 aromatic heterocycles. The molecule has 0 spiro atoms. The maximum Gasteiger partial charge on any atom is 0.251 e. The lowest BCUT2D eigenvalue weighted by molar-refractivity contribution is -0.119. The van der Waals surface area contributed by atoms with Crippen LogP contribution in [0.4, 0.5) is 5.82 Å². The van der Waals surface area contributed by atoms with Gasteiger partial charge in [-0.25, -0.2) is 4.68 Å². The Morgan fingerprint density at radius 2 is 2.04 bits per heavy atom. The Morgan fingerprint density at radius 1 is 1.19 bits per heavy atom. The molecule has 0 unspecified atom stereocenters. The van der Waals surface area contributed by atoms with Crippen LogP contribution in [0.2, 0.25) is 0 Å². The predicted octanol–water partition coefficient (Wildman–Crippen LogP) is 2.81. The van der Waals surface area contributed by atoms with Crippen LogP contribution in [-0.2, 0) is 24.4 Å². The zero-order valence-electron chi connectivity index (χ0n) is 14.1. The average Bonchev–Trinajstić information content (AvgIpc) is 3.34. The number of nitrogens with one attached hydrogen (secondary N) is 1. The quantitative estimate of drug-likeness (QED) is 0.755. The van der Waals surface area contributed by atoms with Gasteiger partial charge >= 0.3 is 0 Å². The predicted molar refractivity (Wildman–Crippen MR) is 100.0 cm³/mol. The Labute approximate surface area is 155 Å². The van der Waals surface area contributed by atoms with Crippen LogP contribution in [0, 0.1) is 0 Å². The van der Waals surface area contributed by atoms with Gasteiger partial charge in [-0.2, -0.15) is 5.10 Å². The maximum absolute atomic E-state index is 12.3. The summed E-state index contributed by atoms with van der Waals surface area (Å²) in [4.78, 5) is 27.4. The van der Waals surface area contributed by atoms with Gasteiger partial charge in [0.15, 0.2) is 0 Å². The summed E-state index contributed by atoms with van der Waals surface area (Å²) >= 11 is 1.62. The monoisotopic (exact) mass is 366 g/mol. The van der Waals surface area contributed by atoms with Crippen molar-refractivity contribution >= 4 is 29.0 Å². The summed E-state index contributed by atoms with van der Waals surface area (Å²) in [5.41, 5.74) is 1.59. The van der Waals surface area contributed by atoms with Crippen LogP contribution >= 0.6 is 11.3 Å². The van der Waals surface area contributed by atoms with Gasteiger partial charge in [0.05, 0.1) is 25.8 Å². The van der Waals surface area contributed by atoms with Crippen LogP contribution in [-0.4, -0.2) is 21.6 Å². The molecule has 1 aromatic carbocycles. The van der Waals surface area contributed by atoms with E-state index in [9.17, 15) is 9.59 Å². The molecular formula is C19H18N4O2S. The molecule has 0 atom stereocenters. The molecule has 3 heterocycles. The first-order valence-corrected chi connectivity index (χ1v) is 9.30. The van der Waals surface area contributed by atoms with Crippen molar-refractivity contribution in [1.29, 1.82) is 0 Å². The number of aryl methyl sites for hydroxylation is 1. The van der Waals surface area contributed by atoms with Gasteiger partial charge < -0.3 is 5.32 Å². The fourth-order valence-electron chi connectivity index (χ4n) is 2.99. The lowest BCUT2D eigenvalue weighted by Crippen LogP contribution is -2.36. The number of benzene rings is 1. The van der Waals surface area contributed by atoms with Gasteiger partial charge in [0.1, 0.15) is 5.82 Å². The average molecular weight is 366 g/mol. The number of carbonyl (C=O) groups is 2. The second kappa shape index (κ2) is 7.13. The molecular weight excluding hydrogens is 348 g/mol. The first-order chi connectivity index (χ1) is 12.7. The largest absolute Gasteiger partial charge is 0.347 e. The highest BCUT2D eigenvalue weighted by atomic mass is 32.1. The normalized spacial score (nSPS) is 13.5. The standard InChI is InChI=1S/C19H18N4O2S/c24-18-8-10-23-17(7-9-21-23)22(18)13-14-3-5-15(6-4-14)19(25)20-12-16-2-1-11-26-16/h1-7,9,11H,8,10,12-13H2,(H,20,25). The molecule has 6 nitrogen and oxygen atoms in total. The molecule has 0 saturated carbocycles. The molecule has 3 aromatic rings. The number of nitrogens with zero attached hydrogens (tertiary/aromatic N) is 3. The number of carbonyl (C=O) groups excluding carboxylic acids is 2. The van der Waals surface area contributed by atoms with Gasteiger partial charge in [-0.1, -0.05) is 18.2 Å². The topological polar surface area (TPSA) is 67.2 Å². The van der Waals surface area contributed by atoms with Gasteiger partial charge in [-0.15, -0.1) is 11.3 Å². The van der Waals surface area contributed by atoms with E-state index in [-0.39, 0.29) is 11.8 Å². The maximum atomic E-state index is 12.3. The Kier molecular flexibility index (Phi) is 4.53. The fraction of sp³-hybridized carbons (Fsp3) is 0.211. The molecule has 0 saturated heterocycles. The van der Waals surface area contributed by atoms with Crippen molar-refractivity contribution in [2.24, 2.45) is 0 Å². The molecule has 132 valence electrons. The summed E-state index contributed by atoms with van der Waals surface area (Å²) in [6, 6.07) is 13.2. The highest BCUT2D eigenvalue weighted by Gasteiger charge is 2.24. The number of thiophene rings is 1. The van der Waals surface area contributed by atoms with Crippen molar-refractivity contribution in [1.82, 2.24) is 15.1 Å². The van der Waals surface area contributed by atoms with Crippen LogP contribution in [0.5, 0.6) is 0 Å². The van der Waals surface area contributed by atoms with Crippen LogP contribution in [0.25, 0.3) is 0 Å². The molecule has 0 aliphatic carbocycles. The molecule has 2 amide bonds. The Morgan fingerprint density at radius 3 is 2.81 bits per heavy atom. The number of fused-ring (bicyclic) bond motifs is 1. The smallest absolute Gasteiger partial charge is 0.251 e. The van der Waals surface area contributed by atoms with Crippen LogP contribution < -0.4 is 10.2 Å². The van der Waals surface area contributed by atoms with E-state index in [2.05, 4.69) is 10.4 Å². The van der Waals surface area contributed by atoms with Crippen molar-refractivity contribution in [3.63, 3.8) is 0 Å². The summed E-state index contributed by atoms with van der Waals surface area (Å²) < 4.78 is 1.84. The highest BCUT2D eigenvalue weighted by Crippen LogP contribution is 2.23. The van der Waals surface area contributed by atoms with E-state index in [4.69, 9.17) is 0 Å². The van der Waals surface area contributed by atoms with Crippen molar-refractivity contribution in [3.05, 3.63) is 70.0 Å². The first-order valence-electron chi connectivity index (χ1n) is 8.42. The van der Waals surface area contributed by atoms with Gasteiger partial charge in [0, 0.05) is 22.9 Å². The molecule has 4 rings (SSSR count). The minimum absolute atomic E-state index is 0.0933. The molecule has 0 fully saturated rings. The highest BCUT2D eigenvalue weighted by molar-refractivity contribution is 7.09. The van der Waals surface area contributed by atoms with Crippen molar-refractivity contribution < 1.29 is 9.59 Å². The molecule has 1 N–H and O–H groups in total. The second-order valence-corrected chi connectivity index (χ2v) is 7.13. The number of amides is 2. The lowest BCUT2D eigenvalue weighted by atomic mass is 10.1.